The standard InChI is InChI=1S/C19H26BN4O4P/c1-11-8-12(2)22-16(21-11)18(26)24(10-19(3,4)5)23-17(25)14-7-6-13(20(27)28)9-15(14)29/h6-9,27-28H,10,29H2,1-5H3,(H,23,25). The largest absolute Gasteiger partial charge is 0.488 e. The van der Waals surface area contributed by atoms with Gasteiger partial charge in [0.1, 0.15) is 0 Å². The molecule has 0 spiro atoms. The fourth-order valence-corrected chi connectivity index (χ4v) is 3.13. The van der Waals surface area contributed by atoms with Crippen LogP contribution in [0.4, 0.5) is 0 Å². The van der Waals surface area contributed by atoms with Crippen molar-refractivity contribution < 1.29 is 19.6 Å². The van der Waals surface area contributed by atoms with Crippen LogP contribution >= 0.6 is 9.24 Å². The molecule has 29 heavy (non-hydrogen) atoms. The zero-order chi connectivity index (χ0) is 21.9. The molecule has 8 nitrogen and oxygen atoms in total. The van der Waals surface area contributed by atoms with Crippen LogP contribution < -0.4 is 16.2 Å². The van der Waals surface area contributed by atoms with E-state index in [4.69, 9.17) is 0 Å². The lowest BCUT2D eigenvalue weighted by Gasteiger charge is -2.30. The van der Waals surface area contributed by atoms with Crippen molar-refractivity contribution in [3.63, 3.8) is 0 Å². The molecule has 0 fully saturated rings. The molecule has 0 saturated heterocycles. The summed E-state index contributed by atoms with van der Waals surface area (Å²) < 4.78 is 0. The Morgan fingerprint density at radius 1 is 1.14 bits per heavy atom. The molecular weight excluding hydrogens is 390 g/mol. The van der Waals surface area contributed by atoms with Crippen LogP contribution in [0.25, 0.3) is 0 Å². The number of nitrogens with zero attached hydrogens (tertiary/aromatic N) is 3. The van der Waals surface area contributed by atoms with Gasteiger partial charge in [-0.3, -0.25) is 15.0 Å². The van der Waals surface area contributed by atoms with Crippen molar-refractivity contribution in [2.75, 3.05) is 6.54 Å². The third-order valence-electron chi connectivity index (χ3n) is 3.91. The summed E-state index contributed by atoms with van der Waals surface area (Å²) in [5.74, 6) is -0.999. The summed E-state index contributed by atoms with van der Waals surface area (Å²) in [6.45, 7) is 9.63. The van der Waals surface area contributed by atoms with E-state index in [1.165, 1.54) is 23.2 Å². The molecule has 154 valence electrons. The van der Waals surface area contributed by atoms with Gasteiger partial charge in [0.15, 0.2) is 0 Å². The Morgan fingerprint density at radius 2 is 1.72 bits per heavy atom. The maximum atomic E-state index is 13.0. The number of benzene rings is 1. The minimum Gasteiger partial charge on any atom is -0.423 e. The summed E-state index contributed by atoms with van der Waals surface area (Å²) in [6.07, 6.45) is 0. The molecule has 0 aliphatic carbocycles. The van der Waals surface area contributed by atoms with Crippen molar-refractivity contribution in [1.29, 1.82) is 0 Å². The zero-order valence-corrected chi connectivity index (χ0v) is 18.4. The molecule has 2 amide bonds. The molecule has 1 unspecified atom stereocenters. The lowest BCUT2D eigenvalue weighted by molar-refractivity contribution is 0.0499. The average Bonchev–Trinajstić information content (AvgIpc) is 2.58. The van der Waals surface area contributed by atoms with Crippen LogP contribution in [0, 0.1) is 19.3 Å². The highest BCUT2D eigenvalue weighted by Crippen LogP contribution is 2.16. The second-order valence-electron chi connectivity index (χ2n) is 8.09. The summed E-state index contributed by atoms with van der Waals surface area (Å²) in [6, 6.07) is 6.16. The number of amides is 2. The fourth-order valence-electron chi connectivity index (χ4n) is 2.71. The SMILES string of the molecule is Cc1cc(C)nc(C(=O)N(CC(C)(C)C)NC(=O)c2ccc(B(O)O)cc2P)n1. The topological polar surface area (TPSA) is 116 Å². The number of hydrogen-bond acceptors (Lipinski definition) is 6. The molecular formula is C19H26BN4O4P. The summed E-state index contributed by atoms with van der Waals surface area (Å²) in [4.78, 5) is 34.3. The molecule has 3 N–H and O–H groups in total. The lowest BCUT2D eigenvalue weighted by atomic mass is 9.80. The summed E-state index contributed by atoms with van der Waals surface area (Å²) in [5.41, 5.74) is 4.22. The van der Waals surface area contributed by atoms with Crippen molar-refractivity contribution in [2.24, 2.45) is 5.41 Å². The first kappa shape index (κ1) is 22.9. The zero-order valence-electron chi connectivity index (χ0n) is 17.2. The highest BCUT2D eigenvalue weighted by atomic mass is 31.0. The molecule has 0 aliphatic heterocycles. The minimum atomic E-state index is -1.63. The van der Waals surface area contributed by atoms with Crippen LogP contribution in [-0.4, -0.2) is 50.5 Å². The highest BCUT2D eigenvalue weighted by molar-refractivity contribution is 7.27. The highest BCUT2D eigenvalue weighted by Gasteiger charge is 2.27. The predicted molar refractivity (Wildman–Crippen MR) is 115 cm³/mol. The molecule has 0 aliphatic rings. The Balaban J connectivity index is 2.33. The number of aromatic nitrogens is 2. The molecule has 2 aromatic rings. The van der Waals surface area contributed by atoms with Gasteiger partial charge in [-0.1, -0.05) is 32.9 Å². The Morgan fingerprint density at radius 3 is 2.21 bits per heavy atom. The van der Waals surface area contributed by atoms with Gasteiger partial charge >= 0.3 is 13.0 Å². The van der Waals surface area contributed by atoms with Crippen LogP contribution in [-0.2, 0) is 0 Å². The van der Waals surface area contributed by atoms with Crippen LogP contribution in [0.1, 0.15) is 53.1 Å². The van der Waals surface area contributed by atoms with Gasteiger partial charge in [0, 0.05) is 23.5 Å². The number of hydrogen-bond donors (Lipinski definition) is 3. The number of rotatable bonds is 4. The van der Waals surface area contributed by atoms with Crippen molar-refractivity contribution >= 4 is 38.9 Å². The second-order valence-corrected chi connectivity index (χ2v) is 8.71. The molecule has 1 aromatic heterocycles. The predicted octanol–water partition coefficient (Wildman–Crippen LogP) is 0.107. The van der Waals surface area contributed by atoms with Crippen LogP contribution in [0.5, 0.6) is 0 Å². The van der Waals surface area contributed by atoms with E-state index in [1.54, 1.807) is 19.9 Å². The first-order valence-electron chi connectivity index (χ1n) is 9.08. The third kappa shape index (κ3) is 6.32. The minimum absolute atomic E-state index is 0.0110. The van der Waals surface area contributed by atoms with E-state index >= 15 is 0 Å². The van der Waals surface area contributed by atoms with Crippen molar-refractivity contribution in [1.82, 2.24) is 20.4 Å². The molecule has 0 bridgehead atoms. The molecule has 0 radical (unpaired) electrons. The molecule has 10 heteroatoms. The van der Waals surface area contributed by atoms with Gasteiger partial charge in [0.25, 0.3) is 5.91 Å². The van der Waals surface area contributed by atoms with Gasteiger partial charge in [0.2, 0.25) is 5.82 Å². The second kappa shape index (κ2) is 8.99. The van der Waals surface area contributed by atoms with E-state index in [1.807, 2.05) is 20.8 Å². The van der Waals surface area contributed by atoms with Gasteiger partial charge < -0.3 is 10.0 Å². The van der Waals surface area contributed by atoms with Crippen molar-refractivity contribution in [2.45, 2.75) is 34.6 Å². The Bertz CT molecular complexity index is 911. The summed E-state index contributed by atoms with van der Waals surface area (Å²) in [7, 11) is 0.751. The number of aryl methyl sites for hydroxylation is 2. The molecule has 0 saturated carbocycles. The Hall–Kier alpha value is -2.35. The maximum Gasteiger partial charge on any atom is 0.488 e. The molecule has 1 atom stereocenters. The lowest BCUT2D eigenvalue weighted by Crippen LogP contribution is -2.50. The van der Waals surface area contributed by atoms with E-state index in [0.717, 1.165) is 0 Å². The normalized spacial score (nSPS) is 11.2. The quantitative estimate of drug-likeness (QED) is 0.370. The van der Waals surface area contributed by atoms with Crippen LogP contribution in [0.15, 0.2) is 24.3 Å². The van der Waals surface area contributed by atoms with E-state index < -0.39 is 18.9 Å². The van der Waals surface area contributed by atoms with Gasteiger partial charge in [-0.15, -0.1) is 9.24 Å². The maximum absolute atomic E-state index is 13.0. The molecule has 1 heterocycles. The number of nitrogens with one attached hydrogen (secondary N) is 1. The summed E-state index contributed by atoms with van der Waals surface area (Å²) in [5, 5.41) is 20.2. The molecule has 1 aromatic carbocycles. The van der Waals surface area contributed by atoms with Crippen LogP contribution in [0.3, 0.4) is 0 Å². The van der Waals surface area contributed by atoms with Crippen molar-refractivity contribution in [3.05, 3.63) is 47.0 Å². The van der Waals surface area contributed by atoms with Gasteiger partial charge in [0.05, 0.1) is 0 Å². The smallest absolute Gasteiger partial charge is 0.423 e. The van der Waals surface area contributed by atoms with Crippen molar-refractivity contribution in [3.8, 4) is 0 Å². The summed E-state index contributed by atoms with van der Waals surface area (Å²) >= 11 is 0. The number of hydrazine groups is 1. The Labute approximate surface area is 173 Å². The fraction of sp³-hybridized carbons (Fsp3) is 0.368. The van der Waals surface area contributed by atoms with Gasteiger partial charge in [-0.2, -0.15) is 0 Å². The van der Waals surface area contributed by atoms with Gasteiger partial charge in [-0.25, -0.2) is 15.0 Å². The van der Waals surface area contributed by atoms with E-state index in [9.17, 15) is 19.6 Å². The monoisotopic (exact) mass is 416 g/mol. The van der Waals surface area contributed by atoms with Crippen LogP contribution in [0.2, 0.25) is 0 Å². The Kier molecular flexibility index (Phi) is 7.11. The third-order valence-corrected chi connectivity index (χ3v) is 4.38. The molecule has 2 rings (SSSR count). The number of carbonyl (C=O) groups is 2. The van der Waals surface area contributed by atoms with E-state index in [2.05, 4.69) is 24.6 Å². The first-order valence-corrected chi connectivity index (χ1v) is 9.66. The first-order chi connectivity index (χ1) is 13.4. The van der Waals surface area contributed by atoms with E-state index in [0.29, 0.717) is 16.7 Å². The van der Waals surface area contributed by atoms with Gasteiger partial charge in [-0.05, 0) is 42.2 Å². The van der Waals surface area contributed by atoms with E-state index in [-0.39, 0.29) is 28.8 Å². The number of carbonyl (C=O) groups excluding carboxylic acids is 2. The average molecular weight is 416 g/mol.